The first-order valence-corrected chi connectivity index (χ1v) is 7.35. The Kier molecular flexibility index (Phi) is 8.47. The van der Waals surface area contributed by atoms with Crippen LogP contribution < -0.4 is 15.4 Å². The lowest BCUT2D eigenvalue weighted by Gasteiger charge is -2.14. The van der Waals surface area contributed by atoms with Crippen molar-refractivity contribution in [3.05, 3.63) is 65.2 Å². The highest BCUT2D eigenvalue weighted by Gasteiger charge is 2.03. The number of rotatable bonds is 5. The Labute approximate surface area is 155 Å². The van der Waals surface area contributed by atoms with Gasteiger partial charge in [-0.1, -0.05) is 48.0 Å². The van der Waals surface area contributed by atoms with Crippen molar-refractivity contribution in [2.75, 3.05) is 14.2 Å². The predicted molar refractivity (Wildman–Crippen MR) is 107 cm³/mol. The summed E-state index contributed by atoms with van der Waals surface area (Å²) in [6, 6.07) is 16.4. The number of aryl methyl sites for hydroxylation is 1. The second kappa shape index (κ2) is 10.1. The van der Waals surface area contributed by atoms with Gasteiger partial charge in [0.1, 0.15) is 5.75 Å². The highest BCUT2D eigenvalue weighted by atomic mass is 127. The zero-order valence-corrected chi connectivity index (χ0v) is 16.1. The highest BCUT2D eigenvalue weighted by molar-refractivity contribution is 14.0. The predicted octanol–water partition coefficient (Wildman–Crippen LogP) is 3.49. The smallest absolute Gasteiger partial charge is 0.191 e. The molecule has 0 radical (unpaired) electrons. The molecular weight excluding hydrogens is 401 g/mol. The first-order valence-electron chi connectivity index (χ1n) is 7.35. The fourth-order valence-electron chi connectivity index (χ4n) is 2.26. The van der Waals surface area contributed by atoms with Crippen LogP contribution in [0.5, 0.6) is 5.75 Å². The number of nitrogens with one attached hydrogen (secondary N) is 2. The van der Waals surface area contributed by atoms with Gasteiger partial charge in [-0.05, 0) is 18.6 Å². The molecule has 0 aliphatic rings. The molecule has 0 aromatic heterocycles. The standard InChI is InChI=1S/C18H23N3O.HI/c1-14-7-6-8-15(11-14)12-20-18(19-2)21-13-16-9-4-5-10-17(16)22-3;/h4-11H,12-13H2,1-3H3,(H2,19,20,21);1H. The van der Waals surface area contributed by atoms with E-state index >= 15 is 0 Å². The third kappa shape index (κ3) is 6.09. The minimum Gasteiger partial charge on any atom is -0.496 e. The van der Waals surface area contributed by atoms with Crippen LogP contribution >= 0.6 is 24.0 Å². The summed E-state index contributed by atoms with van der Waals surface area (Å²) in [4.78, 5) is 4.25. The summed E-state index contributed by atoms with van der Waals surface area (Å²) >= 11 is 0. The normalized spacial score (nSPS) is 10.7. The molecule has 0 saturated heterocycles. The summed E-state index contributed by atoms with van der Waals surface area (Å²) in [6.07, 6.45) is 0. The first kappa shape index (κ1) is 19.3. The molecule has 0 aliphatic heterocycles. The van der Waals surface area contributed by atoms with E-state index in [9.17, 15) is 0 Å². The van der Waals surface area contributed by atoms with Gasteiger partial charge < -0.3 is 15.4 Å². The Balaban J connectivity index is 0.00000264. The Hall–Kier alpha value is -1.76. The quantitative estimate of drug-likeness (QED) is 0.438. The Morgan fingerprint density at radius 3 is 2.48 bits per heavy atom. The van der Waals surface area contributed by atoms with E-state index in [1.807, 2.05) is 24.3 Å². The lowest BCUT2D eigenvalue weighted by molar-refractivity contribution is 0.409. The maximum absolute atomic E-state index is 5.35. The van der Waals surface area contributed by atoms with Crippen molar-refractivity contribution in [1.82, 2.24) is 10.6 Å². The third-order valence-electron chi connectivity index (χ3n) is 3.40. The average molecular weight is 425 g/mol. The lowest BCUT2D eigenvalue weighted by Crippen LogP contribution is -2.36. The molecule has 2 aromatic rings. The molecule has 5 heteroatoms. The Morgan fingerprint density at radius 1 is 1.04 bits per heavy atom. The second-order valence-electron chi connectivity index (χ2n) is 5.08. The number of ether oxygens (including phenoxy) is 1. The van der Waals surface area contributed by atoms with Crippen LogP contribution in [-0.2, 0) is 13.1 Å². The van der Waals surface area contributed by atoms with Gasteiger partial charge >= 0.3 is 0 Å². The summed E-state index contributed by atoms with van der Waals surface area (Å²) in [5.41, 5.74) is 3.60. The Bertz CT molecular complexity index is 644. The van der Waals surface area contributed by atoms with Crippen LogP contribution in [-0.4, -0.2) is 20.1 Å². The van der Waals surface area contributed by atoms with Crippen molar-refractivity contribution in [1.29, 1.82) is 0 Å². The van der Waals surface area contributed by atoms with Crippen LogP contribution in [0.1, 0.15) is 16.7 Å². The molecule has 0 bridgehead atoms. The Morgan fingerprint density at radius 2 is 1.78 bits per heavy atom. The average Bonchev–Trinajstić information content (AvgIpc) is 2.55. The van der Waals surface area contributed by atoms with Crippen LogP contribution in [0.4, 0.5) is 0 Å². The molecule has 23 heavy (non-hydrogen) atoms. The van der Waals surface area contributed by atoms with E-state index in [0.717, 1.165) is 23.8 Å². The second-order valence-corrected chi connectivity index (χ2v) is 5.08. The molecule has 0 heterocycles. The van der Waals surface area contributed by atoms with Crippen molar-refractivity contribution in [2.24, 2.45) is 4.99 Å². The van der Waals surface area contributed by atoms with Gasteiger partial charge in [-0.15, -0.1) is 24.0 Å². The van der Waals surface area contributed by atoms with E-state index in [-0.39, 0.29) is 24.0 Å². The van der Waals surface area contributed by atoms with Crippen molar-refractivity contribution in [3.8, 4) is 5.75 Å². The zero-order valence-electron chi connectivity index (χ0n) is 13.8. The van der Waals surface area contributed by atoms with E-state index in [0.29, 0.717) is 6.54 Å². The molecule has 4 nitrogen and oxygen atoms in total. The van der Waals surface area contributed by atoms with E-state index in [2.05, 4.69) is 46.8 Å². The SMILES string of the molecule is CN=C(NCc1cccc(C)c1)NCc1ccccc1OC.I. The topological polar surface area (TPSA) is 45.7 Å². The molecular formula is C18H24IN3O. The molecule has 0 atom stereocenters. The maximum Gasteiger partial charge on any atom is 0.191 e. The van der Waals surface area contributed by atoms with Crippen molar-refractivity contribution in [2.45, 2.75) is 20.0 Å². The van der Waals surface area contributed by atoms with E-state index < -0.39 is 0 Å². The number of hydrogen-bond acceptors (Lipinski definition) is 2. The summed E-state index contributed by atoms with van der Waals surface area (Å²) < 4.78 is 5.35. The van der Waals surface area contributed by atoms with Gasteiger partial charge in [-0.3, -0.25) is 4.99 Å². The van der Waals surface area contributed by atoms with Gasteiger partial charge in [0.15, 0.2) is 5.96 Å². The third-order valence-corrected chi connectivity index (χ3v) is 3.40. The highest BCUT2D eigenvalue weighted by Crippen LogP contribution is 2.16. The van der Waals surface area contributed by atoms with Gasteiger partial charge in [-0.2, -0.15) is 0 Å². The molecule has 0 amide bonds. The number of methoxy groups -OCH3 is 1. The van der Waals surface area contributed by atoms with Crippen LogP contribution in [0.25, 0.3) is 0 Å². The number of para-hydroxylation sites is 1. The maximum atomic E-state index is 5.35. The van der Waals surface area contributed by atoms with Crippen molar-refractivity contribution < 1.29 is 4.74 Å². The van der Waals surface area contributed by atoms with E-state index in [4.69, 9.17) is 4.74 Å². The molecule has 0 unspecified atom stereocenters. The lowest BCUT2D eigenvalue weighted by atomic mass is 10.1. The first-order chi connectivity index (χ1) is 10.7. The van der Waals surface area contributed by atoms with Crippen LogP contribution in [0.3, 0.4) is 0 Å². The molecule has 0 saturated carbocycles. The van der Waals surface area contributed by atoms with Gasteiger partial charge in [0.05, 0.1) is 7.11 Å². The summed E-state index contributed by atoms with van der Waals surface area (Å²) in [5.74, 6) is 1.65. The van der Waals surface area contributed by atoms with Crippen LogP contribution in [0.2, 0.25) is 0 Å². The zero-order chi connectivity index (χ0) is 15.8. The molecule has 0 aliphatic carbocycles. The summed E-state index contributed by atoms with van der Waals surface area (Å²) in [5, 5.41) is 6.62. The molecule has 124 valence electrons. The number of halogens is 1. The minimum absolute atomic E-state index is 0. The molecule has 0 spiro atoms. The number of nitrogens with zero attached hydrogens (tertiary/aromatic N) is 1. The molecule has 2 N–H and O–H groups in total. The summed E-state index contributed by atoms with van der Waals surface area (Å²) in [6.45, 7) is 3.50. The van der Waals surface area contributed by atoms with E-state index in [1.54, 1.807) is 14.2 Å². The number of hydrogen-bond donors (Lipinski definition) is 2. The van der Waals surface area contributed by atoms with Gasteiger partial charge in [-0.25, -0.2) is 0 Å². The van der Waals surface area contributed by atoms with Gasteiger partial charge in [0, 0.05) is 25.7 Å². The number of aliphatic imine (C=N–C) groups is 1. The van der Waals surface area contributed by atoms with Crippen LogP contribution in [0, 0.1) is 6.92 Å². The molecule has 0 fully saturated rings. The molecule has 2 aromatic carbocycles. The van der Waals surface area contributed by atoms with Gasteiger partial charge in [0.25, 0.3) is 0 Å². The largest absolute Gasteiger partial charge is 0.496 e. The fraction of sp³-hybridized carbons (Fsp3) is 0.278. The van der Waals surface area contributed by atoms with Crippen molar-refractivity contribution >= 4 is 29.9 Å². The number of guanidine groups is 1. The monoisotopic (exact) mass is 425 g/mol. The number of benzene rings is 2. The van der Waals surface area contributed by atoms with Crippen molar-refractivity contribution in [3.63, 3.8) is 0 Å². The van der Waals surface area contributed by atoms with Gasteiger partial charge in [0.2, 0.25) is 0 Å². The van der Waals surface area contributed by atoms with E-state index in [1.165, 1.54) is 11.1 Å². The van der Waals surface area contributed by atoms with Crippen LogP contribution in [0.15, 0.2) is 53.5 Å². The fourth-order valence-corrected chi connectivity index (χ4v) is 2.26. The minimum atomic E-state index is 0. The summed E-state index contributed by atoms with van der Waals surface area (Å²) in [7, 11) is 3.46. The molecule has 2 rings (SSSR count).